The highest BCUT2D eigenvalue weighted by Crippen LogP contribution is 2.36. The summed E-state index contributed by atoms with van der Waals surface area (Å²) in [6, 6.07) is 16.7. The van der Waals surface area contributed by atoms with Crippen molar-refractivity contribution in [3.63, 3.8) is 0 Å². The second kappa shape index (κ2) is 8.50. The number of benzene rings is 2. The molecule has 6 nitrogen and oxygen atoms in total. The van der Waals surface area contributed by atoms with Gasteiger partial charge < -0.3 is 19.1 Å². The van der Waals surface area contributed by atoms with Crippen molar-refractivity contribution < 1.29 is 9.53 Å². The van der Waals surface area contributed by atoms with E-state index in [4.69, 9.17) is 4.74 Å². The van der Waals surface area contributed by atoms with Crippen LogP contribution in [0.15, 0.2) is 42.5 Å². The van der Waals surface area contributed by atoms with E-state index in [1.54, 1.807) is 0 Å². The zero-order chi connectivity index (χ0) is 21.1. The predicted molar refractivity (Wildman–Crippen MR) is 119 cm³/mol. The van der Waals surface area contributed by atoms with Crippen LogP contribution in [-0.2, 0) is 11.3 Å². The molecule has 154 valence electrons. The zero-order valence-corrected chi connectivity index (χ0v) is 17.5. The number of fused-ring (bicyclic) bond motifs is 1. The van der Waals surface area contributed by atoms with Gasteiger partial charge in [-0.05, 0) is 61.9 Å². The Kier molecular flexibility index (Phi) is 5.62. The third kappa shape index (κ3) is 3.48. The Balaban J connectivity index is 1.78. The number of ether oxygens (including phenoxy) is 1. The summed E-state index contributed by atoms with van der Waals surface area (Å²) in [6.07, 6.45) is 0.922. The molecule has 30 heavy (non-hydrogen) atoms. The summed E-state index contributed by atoms with van der Waals surface area (Å²) in [6.45, 7) is 8.56. The fraction of sp³-hybridized carbons (Fsp3) is 0.333. The van der Waals surface area contributed by atoms with Gasteiger partial charge in [-0.2, -0.15) is 5.26 Å². The Bertz CT molecular complexity index is 1090. The minimum Gasteiger partial charge on any atom is -0.494 e. The van der Waals surface area contributed by atoms with Gasteiger partial charge in [-0.25, -0.2) is 0 Å². The lowest BCUT2D eigenvalue weighted by atomic mass is 10.1. The number of aromatic nitrogens is 1. The Morgan fingerprint density at radius 1 is 1.07 bits per heavy atom. The fourth-order valence-electron chi connectivity index (χ4n) is 4.24. The molecule has 1 amide bonds. The van der Waals surface area contributed by atoms with E-state index in [2.05, 4.69) is 40.7 Å². The number of piperazine rings is 1. The molecular formula is C24H26N4O2. The Morgan fingerprint density at radius 2 is 1.80 bits per heavy atom. The van der Waals surface area contributed by atoms with E-state index >= 15 is 0 Å². The number of amides is 1. The lowest BCUT2D eigenvalue weighted by molar-refractivity contribution is -0.118. The van der Waals surface area contributed by atoms with Gasteiger partial charge in [0.1, 0.15) is 11.8 Å². The average molecular weight is 402 g/mol. The minimum atomic E-state index is 0.627. The first kappa shape index (κ1) is 19.8. The lowest BCUT2D eigenvalue weighted by Gasteiger charge is -2.34. The van der Waals surface area contributed by atoms with Crippen molar-refractivity contribution in [1.29, 1.82) is 5.26 Å². The number of aryl methyl sites for hydroxylation is 1. The summed E-state index contributed by atoms with van der Waals surface area (Å²) in [5, 5.41) is 10.9. The number of nitrogens with zero attached hydrogens (tertiary/aromatic N) is 4. The Morgan fingerprint density at radius 3 is 2.40 bits per heavy atom. The number of anilines is 1. The van der Waals surface area contributed by atoms with E-state index in [0.29, 0.717) is 12.2 Å². The van der Waals surface area contributed by atoms with Gasteiger partial charge in [0.25, 0.3) is 0 Å². The average Bonchev–Trinajstić information content (AvgIpc) is 3.12. The van der Waals surface area contributed by atoms with Crippen molar-refractivity contribution in [2.24, 2.45) is 0 Å². The molecule has 1 aliphatic heterocycles. The first-order chi connectivity index (χ1) is 14.7. The van der Waals surface area contributed by atoms with E-state index in [9.17, 15) is 10.1 Å². The number of nitriles is 1. The molecule has 2 heterocycles. The van der Waals surface area contributed by atoms with Crippen molar-refractivity contribution >= 4 is 23.0 Å². The topological polar surface area (TPSA) is 61.5 Å². The molecule has 0 N–H and O–H groups in total. The van der Waals surface area contributed by atoms with Crippen molar-refractivity contribution in [2.75, 3.05) is 37.7 Å². The lowest BCUT2D eigenvalue weighted by Crippen LogP contribution is -2.45. The smallest absolute Gasteiger partial charge is 0.209 e. The van der Waals surface area contributed by atoms with Crippen LogP contribution < -0.4 is 9.64 Å². The van der Waals surface area contributed by atoms with Gasteiger partial charge in [-0.1, -0.05) is 0 Å². The van der Waals surface area contributed by atoms with E-state index < -0.39 is 0 Å². The minimum absolute atomic E-state index is 0.627. The monoisotopic (exact) mass is 402 g/mol. The Hall–Kier alpha value is -3.46. The fourth-order valence-corrected chi connectivity index (χ4v) is 4.24. The van der Waals surface area contributed by atoms with E-state index in [1.807, 2.05) is 36.1 Å². The van der Waals surface area contributed by atoms with Gasteiger partial charge >= 0.3 is 0 Å². The highest BCUT2D eigenvalue weighted by Gasteiger charge is 2.21. The van der Waals surface area contributed by atoms with Crippen LogP contribution >= 0.6 is 0 Å². The molecule has 1 saturated heterocycles. The highest BCUT2D eigenvalue weighted by atomic mass is 16.5. The van der Waals surface area contributed by atoms with Crippen LogP contribution in [0.4, 0.5) is 5.69 Å². The number of hydrogen-bond donors (Lipinski definition) is 0. The van der Waals surface area contributed by atoms with Crippen molar-refractivity contribution in [1.82, 2.24) is 9.47 Å². The van der Waals surface area contributed by atoms with Crippen molar-refractivity contribution in [3.05, 3.63) is 48.0 Å². The number of carbonyl (C=O) groups is 1. The molecule has 0 bridgehead atoms. The largest absolute Gasteiger partial charge is 0.494 e. The molecule has 0 unspecified atom stereocenters. The van der Waals surface area contributed by atoms with Gasteiger partial charge in [-0.15, -0.1) is 0 Å². The van der Waals surface area contributed by atoms with Gasteiger partial charge in [-0.3, -0.25) is 4.79 Å². The zero-order valence-electron chi connectivity index (χ0n) is 17.5. The molecule has 3 aromatic rings. The quantitative estimate of drug-likeness (QED) is 0.587. The highest BCUT2D eigenvalue weighted by molar-refractivity contribution is 5.96. The molecule has 1 aliphatic rings. The van der Waals surface area contributed by atoms with Gasteiger partial charge in [0.15, 0.2) is 0 Å². The molecule has 0 atom stereocenters. The molecule has 0 spiro atoms. The molecule has 1 fully saturated rings. The summed E-state index contributed by atoms with van der Waals surface area (Å²) in [7, 11) is 0. The molecule has 0 radical (unpaired) electrons. The summed E-state index contributed by atoms with van der Waals surface area (Å²) in [5.41, 5.74) is 4.85. The molecule has 4 rings (SSSR count). The molecule has 6 heteroatoms. The summed E-state index contributed by atoms with van der Waals surface area (Å²) < 4.78 is 7.78. The van der Waals surface area contributed by atoms with E-state index in [-0.39, 0.29) is 0 Å². The molecule has 0 saturated carbocycles. The van der Waals surface area contributed by atoms with Crippen LogP contribution in [-0.4, -0.2) is 48.7 Å². The number of rotatable bonds is 6. The van der Waals surface area contributed by atoms with Gasteiger partial charge in [0, 0.05) is 43.8 Å². The third-order valence-corrected chi connectivity index (χ3v) is 5.74. The third-order valence-electron chi connectivity index (χ3n) is 5.74. The van der Waals surface area contributed by atoms with Crippen LogP contribution in [0.5, 0.6) is 5.75 Å². The van der Waals surface area contributed by atoms with Gasteiger partial charge in [0.2, 0.25) is 6.41 Å². The van der Waals surface area contributed by atoms with E-state index in [0.717, 1.165) is 72.7 Å². The number of hydrogen-bond acceptors (Lipinski definition) is 4. The first-order valence-corrected chi connectivity index (χ1v) is 10.4. The SMILES string of the molecule is CCOc1ccc(-c2c(C#N)c3ccc(N4CCN(C=O)CC4)cc3n2CC)cc1. The van der Waals surface area contributed by atoms with Crippen LogP contribution in [0, 0.1) is 11.3 Å². The van der Waals surface area contributed by atoms with Gasteiger partial charge in [0.05, 0.1) is 23.4 Å². The predicted octanol–water partition coefficient (Wildman–Crippen LogP) is 3.88. The maximum atomic E-state index is 11.0. The molecule has 0 aliphatic carbocycles. The van der Waals surface area contributed by atoms with Crippen molar-refractivity contribution in [3.8, 4) is 23.1 Å². The van der Waals surface area contributed by atoms with Crippen LogP contribution in [0.3, 0.4) is 0 Å². The molecular weight excluding hydrogens is 376 g/mol. The second-order valence-electron chi connectivity index (χ2n) is 7.37. The summed E-state index contributed by atoms with van der Waals surface area (Å²) >= 11 is 0. The standard InChI is InChI=1S/C24H26N4O2/c1-3-28-23-15-19(27-13-11-26(17-29)12-14-27)7-10-21(23)22(16-25)24(28)18-5-8-20(9-6-18)30-4-2/h5-10,15,17H,3-4,11-14H2,1-2H3. The van der Waals surface area contributed by atoms with Crippen LogP contribution in [0.1, 0.15) is 19.4 Å². The summed E-state index contributed by atoms with van der Waals surface area (Å²) in [4.78, 5) is 15.1. The summed E-state index contributed by atoms with van der Waals surface area (Å²) in [5.74, 6) is 0.829. The Labute approximate surface area is 176 Å². The number of carbonyl (C=O) groups excluding carboxylic acids is 1. The first-order valence-electron chi connectivity index (χ1n) is 10.4. The van der Waals surface area contributed by atoms with Crippen LogP contribution in [0.2, 0.25) is 0 Å². The normalized spacial score (nSPS) is 14.0. The maximum absolute atomic E-state index is 11.0. The van der Waals surface area contributed by atoms with E-state index in [1.165, 1.54) is 0 Å². The van der Waals surface area contributed by atoms with Crippen molar-refractivity contribution in [2.45, 2.75) is 20.4 Å². The van der Waals surface area contributed by atoms with Crippen LogP contribution in [0.25, 0.3) is 22.2 Å². The molecule has 1 aromatic heterocycles. The second-order valence-corrected chi connectivity index (χ2v) is 7.37. The maximum Gasteiger partial charge on any atom is 0.209 e. The molecule has 2 aromatic carbocycles.